The third-order valence-electron chi connectivity index (χ3n) is 2.69. The average Bonchev–Trinajstić information content (AvgIpc) is 2.22. The van der Waals surface area contributed by atoms with Crippen LogP contribution in [0.4, 0.5) is 0 Å². The number of aryl methyl sites for hydroxylation is 1. The Morgan fingerprint density at radius 2 is 1.81 bits per heavy atom. The summed E-state index contributed by atoms with van der Waals surface area (Å²) in [7, 11) is 1.79. The van der Waals surface area contributed by atoms with Crippen LogP contribution in [-0.2, 0) is 12.5 Å². The fourth-order valence-electron chi connectivity index (χ4n) is 1.77. The number of nitrogens with zero attached hydrogens (tertiary/aromatic N) is 2. The zero-order valence-electron chi connectivity index (χ0n) is 10.1. The van der Waals surface area contributed by atoms with E-state index in [0.717, 1.165) is 11.0 Å². The Balaban J connectivity index is 2.90. The molecule has 0 aliphatic heterocycles. The van der Waals surface area contributed by atoms with E-state index in [1.807, 2.05) is 45.0 Å². The normalized spacial score (nSPS) is 12.0. The summed E-state index contributed by atoms with van der Waals surface area (Å²) in [5, 5.41) is 0. The van der Waals surface area contributed by atoms with Crippen LogP contribution in [0.2, 0.25) is 0 Å². The maximum atomic E-state index is 12.1. The Bertz CT molecular complexity index is 591. The molecule has 0 unspecified atom stereocenters. The van der Waals surface area contributed by atoms with Gasteiger partial charge < -0.3 is 4.57 Å². The zero-order valence-corrected chi connectivity index (χ0v) is 10.1. The highest BCUT2D eigenvalue weighted by Crippen LogP contribution is 2.19. The van der Waals surface area contributed by atoms with Crippen LogP contribution in [0.15, 0.2) is 29.1 Å². The van der Waals surface area contributed by atoms with Crippen molar-refractivity contribution in [3.05, 3.63) is 40.3 Å². The van der Waals surface area contributed by atoms with Gasteiger partial charge in [0.25, 0.3) is 5.56 Å². The molecule has 0 atom stereocenters. The van der Waals surface area contributed by atoms with Crippen molar-refractivity contribution in [3.63, 3.8) is 0 Å². The lowest BCUT2D eigenvalue weighted by molar-refractivity contribution is 0.555. The van der Waals surface area contributed by atoms with Gasteiger partial charge >= 0.3 is 0 Å². The highest BCUT2D eigenvalue weighted by atomic mass is 16.1. The third-order valence-corrected chi connectivity index (χ3v) is 2.69. The fourth-order valence-corrected chi connectivity index (χ4v) is 1.77. The number of aromatic nitrogens is 2. The molecule has 0 aliphatic carbocycles. The Kier molecular flexibility index (Phi) is 2.34. The van der Waals surface area contributed by atoms with E-state index in [0.29, 0.717) is 5.69 Å². The van der Waals surface area contributed by atoms with Gasteiger partial charge in [-0.25, -0.2) is 4.98 Å². The topological polar surface area (TPSA) is 34.9 Å². The number of hydrogen-bond acceptors (Lipinski definition) is 2. The van der Waals surface area contributed by atoms with E-state index in [9.17, 15) is 4.79 Å². The maximum Gasteiger partial charge on any atom is 0.273 e. The van der Waals surface area contributed by atoms with Crippen LogP contribution in [-0.4, -0.2) is 9.55 Å². The van der Waals surface area contributed by atoms with E-state index in [1.165, 1.54) is 0 Å². The first-order valence-electron chi connectivity index (χ1n) is 5.37. The van der Waals surface area contributed by atoms with Crippen LogP contribution in [0.1, 0.15) is 26.5 Å². The summed E-state index contributed by atoms with van der Waals surface area (Å²) >= 11 is 0. The molecule has 2 aromatic rings. The average molecular weight is 216 g/mol. The molecule has 0 bridgehead atoms. The number of rotatable bonds is 0. The number of hydrogen-bond donors (Lipinski definition) is 0. The van der Waals surface area contributed by atoms with Crippen LogP contribution in [0.25, 0.3) is 11.0 Å². The van der Waals surface area contributed by atoms with Crippen LogP contribution >= 0.6 is 0 Å². The zero-order chi connectivity index (χ0) is 11.9. The molecule has 0 saturated carbocycles. The van der Waals surface area contributed by atoms with E-state index in [-0.39, 0.29) is 11.0 Å². The Labute approximate surface area is 94.7 Å². The molecule has 1 aromatic carbocycles. The first kappa shape index (κ1) is 10.9. The maximum absolute atomic E-state index is 12.1. The number of para-hydroxylation sites is 2. The van der Waals surface area contributed by atoms with Gasteiger partial charge in [-0.1, -0.05) is 32.9 Å². The largest absolute Gasteiger partial charge is 0.308 e. The smallest absolute Gasteiger partial charge is 0.273 e. The van der Waals surface area contributed by atoms with Gasteiger partial charge in [0.1, 0.15) is 5.69 Å². The molecule has 84 valence electrons. The monoisotopic (exact) mass is 216 g/mol. The lowest BCUT2D eigenvalue weighted by atomic mass is 9.92. The second-order valence-corrected chi connectivity index (χ2v) is 5.06. The van der Waals surface area contributed by atoms with Crippen molar-refractivity contribution < 1.29 is 0 Å². The van der Waals surface area contributed by atoms with Crippen molar-refractivity contribution in [2.45, 2.75) is 26.2 Å². The minimum Gasteiger partial charge on any atom is -0.308 e. The number of benzene rings is 1. The quantitative estimate of drug-likeness (QED) is 0.677. The van der Waals surface area contributed by atoms with Crippen molar-refractivity contribution in [2.24, 2.45) is 7.05 Å². The van der Waals surface area contributed by atoms with Crippen LogP contribution < -0.4 is 5.56 Å². The van der Waals surface area contributed by atoms with Gasteiger partial charge in [0.2, 0.25) is 0 Å². The molecule has 0 aliphatic rings. The summed E-state index contributed by atoms with van der Waals surface area (Å²) in [6.45, 7) is 6.02. The Morgan fingerprint density at radius 1 is 1.19 bits per heavy atom. The molecule has 0 saturated heterocycles. The van der Waals surface area contributed by atoms with Gasteiger partial charge in [-0.05, 0) is 12.1 Å². The first-order valence-corrected chi connectivity index (χ1v) is 5.37. The first-order chi connectivity index (χ1) is 7.41. The predicted molar refractivity (Wildman–Crippen MR) is 65.7 cm³/mol. The van der Waals surface area contributed by atoms with Gasteiger partial charge in [-0.3, -0.25) is 4.79 Å². The highest BCUT2D eigenvalue weighted by molar-refractivity contribution is 5.74. The molecule has 3 nitrogen and oxygen atoms in total. The van der Waals surface area contributed by atoms with Crippen molar-refractivity contribution in [3.8, 4) is 0 Å². The van der Waals surface area contributed by atoms with E-state index in [2.05, 4.69) is 4.98 Å². The summed E-state index contributed by atoms with van der Waals surface area (Å²) in [6, 6.07) is 7.70. The van der Waals surface area contributed by atoms with E-state index < -0.39 is 0 Å². The summed E-state index contributed by atoms with van der Waals surface area (Å²) in [5.41, 5.74) is 2.13. The Hall–Kier alpha value is -1.64. The molecule has 16 heavy (non-hydrogen) atoms. The molecule has 0 N–H and O–H groups in total. The molecular weight excluding hydrogens is 200 g/mol. The third kappa shape index (κ3) is 1.62. The van der Waals surface area contributed by atoms with Crippen LogP contribution in [0.3, 0.4) is 0 Å². The standard InChI is InChI=1S/C13H16N2O/c1-13(2,3)11-12(16)15(4)10-8-6-5-7-9(10)14-11/h5-8H,1-4H3. The minimum absolute atomic E-state index is 0.00815. The van der Waals surface area contributed by atoms with Gasteiger partial charge in [0, 0.05) is 12.5 Å². The molecule has 3 heteroatoms. The molecule has 1 aromatic heterocycles. The molecular formula is C13H16N2O. The minimum atomic E-state index is -0.223. The Morgan fingerprint density at radius 3 is 2.44 bits per heavy atom. The van der Waals surface area contributed by atoms with Crippen molar-refractivity contribution in [1.82, 2.24) is 9.55 Å². The van der Waals surface area contributed by atoms with Crippen molar-refractivity contribution in [1.29, 1.82) is 0 Å². The summed E-state index contributed by atoms with van der Waals surface area (Å²) in [6.07, 6.45) is 0. The summed E-state index contributed by atoms with van der Waals surface area (Å²) in [5.74, 6) is 0. The highest BCUT2D eigenvalue weighted by Gasteiger charge is 2.21. The van der Waals surface area contributed by atoms with Crippen LogP contribution in [0.5, 0.6) is 0 Å². The summed E-state index contributed by atoms with van der Waals surface area (Å²) < 4.78 is 1.67. The second-order valence-electron chi connectivity index (χ2n) is 5.06. The van der Waals surface area contributed by atoms with Gasteiger partial charge in [-0.2, -0.15) is 0 Å². The van der Waals surface area contributed by atoms with E-state index in [4.69, 9.17) is 0 Å². The molecule has 2 rings (SSSR count). The molecule has 0 fully saturated rings. The summed E-state index contributed by atoms with van der Waals surface area (Å²) in [4.78, 5) is 16.6. The lowest BCUT2D eigenvalue weighted by Gasteiger charge is -2.18. The second kappa shape index (κ2) is 3.44. The van der Waals surface area contributed by atoms with Gasteiger partial charge in [0.05, 0.1) is 11.0 Å². The van der Waals surface area contributed by atoms with E-state index in [1.54, 1.807) is 11.6 Å². The molecule has 0 spiro atoms. The fraction of sp³-hybridized carbons (Fsp3) is 0.385. The van der Waals surface area contributed by atoms with E-state index >= 15 is 0 Å². The molecule has 1 heterocycles. The predicted octanol–water partition coefficient (Wildman–Crippen LogP) is 2.23. The van der Waals surface area contributed by atoms with Gasteiger partial charge in [-0.15, -0.1) is 0 Å². The van der Waals surface area contributed by atoms with Crippen molar-refractivity contribution >= 4 is 11.0 Å². The molecule has 0 amide bonds. The van der Waals surface area contributed by atoms with Crippen molar-refractivity contribution in [2.75, 3.05) is 0 Å². The van der Waals surface area contributed by atoms with Gasteiger partial charge in [0.15, 0.2) is 0 Å². The molecule has 0 radical (unpaired) electrons. The SMILES string of the molecule is Cn1c(=O)c(C(C)(C)C)nc2ccccc21. The van der Waals surface area contributed by atoms with Crippen LogP contribution in [0, 0.1) is 0 Å². The lowest BCUT2D eigenvalue weighted by Crippen LogP contribution is -2.31. The number of fused-ring (bicyclic) bond motifs is 1.